The topological polar surface area (TPSA) is 55.8 Å². The van der Waals surface area contributed by atoms with Gasteiger partial charge in [0.05, 0.1) is 0 Å². The van der Waals surface area contributed by atoms with E-state index in [1.54, 1.807) is 0 Å². The highest BCUT2D eigenvalue weighted by Crippen LogP contribution is 2.14. The molecule has 1 aromatic carbocycles. The van der Waals surface area contributed by atoms with Crippen molar-refractivity contribution >= 4 is 5.97 Å². The van der Waals surface area contributed by atoms with Crippen molar-refractivity contribution in [3.63, 3.8) is 0 Å². The van der Waals surface area contributed by atoms with Crippen LogP contribution in [0.2, 0.25) is 0 Å². The number of aliphatic carboxylic acids is 1. The van der Waals surface area contributed by atoms with Crippen LogP contribution in [0.15, 0.2) is 18.2 Å². The van der Waals surface area contributed by atoms with Crippen LogP contribution in [-0.2, 0) is 24.4 Å². The molecule has 0 radical (unpaired) electrons. The van der Waals surface area contributed by atoms with Crippen molar-refractivity contribution in [3.8, 4) is 0 Å². The standard InChI is InChI=1S/C18H31N3O2/c1-13(2)17(18(22)23)19-10-14-7-15(11-20(3)4)9-16(8-14)12-21(5)6/h7-9,13,17,19H,10-12H2,1-6H3,(H,22,23)/t17-/m0/s1. The lowest BCUT2D eigenvalue weighted by atomic mass is 10.0. The SMILES string of the molecule is CC(C)[C@H](NCc1cc(CN(C)C)cc(CN(C)C)c1)C(=O)O. The monoisotopic (exact) mass is 321 g/mol. The van der Waals surface area contributed by atoms with Crippen molar-refractivity contribution in [2.45, 2.75) is 39.5 Å². The van der Waals surface area contributed by atoms with E-state index in [1.807, 2.05) is 13.8 Å². The molecule has 0 saturated heterocycles. The van der Waals surface area contributed by atoms with Crippen LogP contribution in [0.4, 0.5) is 0 Å². The molecule has 23 heavy (non-hydrogen) atoms. The second-order valence-electron chi connectivity index (χ2n) is 7.07. The highest BCUT2D eigenvalue weighted by molar-refractivity contribution is 5.73. The van der Waals surface area contributed by atoms with Gasteiger partial charge in [-0.1, -0.05) is 32.0 Å². The third-order valence-corrected chi connectivity index (χ3v) is 3.57. The van der Waals surface area contributed by atoms with Crippen LogP contribution in [0.3, 0.4) is 0 Å². The minimum atomic E-state index is -0.794. The Hall–Kier alpha value is -1.43. The molecule has 0 aliphatic carbocycles. The molecule has 0 fully saturated rings. The number of benzene rings is 1. The minimum Gasteiger partial charge on any atom is -0.480 e. The molecule has 1 atom stereocenters. The molecule has 0 unspecified atom stereocenters. The number of carboxylic acids is 1. The van der Waals surface area contributed by atoms with Gasteiger partial charge in [0.15, 0.2) is 0 Å². The van der Waals surface area contributed by atoms with Crippen molar-refractivity contribution in [1.82, 2.24) is 15.1 Å². The van der Waals surface area contributed by atoms with E-state index in [1.165, 1.54) is 11.1 Å². The Morgan fingerprint density at radius 3 is 1.78 bits per heavy atom. The van der Waals surface area contributed by atoms with Gasteiger partial charge < -0.3 is 20.2 Å². The van der Waals surface area contributed by atoms with E-state index in [2.05, 4.69) is 61.5 Å². The van der Waals surface area contributed by atoms with Crippen LogP contribution >= 0.6 is 0 Å². The summed E-state index contributed by atoms with van der Waals surface area (Å²) >= 11 is 0. The molecular formula is C18H31N3O2. The predicted molar refractivity (Wildman–Crippen MR) is 94.3 cm³/mol. The van der Waals surface area contributed by atoms with E-state index in [9.17, 15) is 9.90 Å². The molecule has 0 aliphatic heterocycles. The molecular weight excluding hydrogens is 290 g/mol. The molecule has 130 valence electrons. The maximum absolute atomic E-state index is 11.3. The molecule has 0 bridgehead atoms. The Balaban J connectivity index is 2.92. The zero-order chi connectivity index (χ0) is 17.6. The fourth-order valence-electron chi connectivity index (χ4n) is 2.69. The van der Waals surface area contributed by atoms with Crippen molar-refractivity contribution in [2.75, 3.05) is 28.2 Å². The summed E-state index contributed by atoms with van der Waals surface area (Å²) in [5.41, 5.74) is 3.64. The summed E-state index contributed by atoms with van der Waals surface area (Å²) in [7, 11) is 8.21. The number of nitrogens with zero attached hydrogens (tertiary/aromatic N) is 2. The summed E-state index contributed by atoms with van der Waals surface area (Å²) < 4.78 is 0. The average Bonchev–Trinajstić information content (AvgIpc) is 2.35. The van der Waals surface area contributed by atoms with Crippen LogP contribution in [0, 0.1) is 5.92 Å². The summed E-state index contributed by atoms with van der Waals surface area (Å²) in [4.78, 5) is 15.6. The first-order valence-corrected chi connectivity index (χ1v) is 8.06. The van der Waals surface area contributed by atoms with E-state index in [-0.39, 0.29) is 5.92 Å². The van der Waals surface area contributed by atoms with Crippen LogP contribution in [0.5, 0.6) is 0 Å². The number of hydrogen-bond donors (Lipinski definition) is 2. The lowest BCUT2D eigenvalue weighted by molar-refractivity contribution is -0.140. The molecule has 0 aliphatic rings. The van der Waals surface area contributed by atoms with Gasteiger partial charge in [0.25, 0.3) is 0 Å². The molecule has 0 amide bonds. The quantitative estimate of drug-likeness (QED) is 0.729. The number of carboxylic acid groups (broad SMARTS) is 1. The predicted octanol–water partition coefficient (Wildman–Crippen LogP) is 2.01. The molecule has 5 heteroatoms. The molecule has 2 N–H and O–H groups in total. The molecule has 1 rings (SSSR count). The Labute approximate surface area is 140 Å². The van der Waals surface area contributed by atoms with Crippen LogP contribution in [-0.4, -0.2) is 55.1 Å². The van der Waals surface area contributed by atoms with Crippen molar-refractivity contribution in [2.24, 2.45) is 5.92 Å². The van der Waals surface area contributed by atoms with Gasteiger partial charge in [0.2, 0.25) is 0 Å². The van der Waals surface area contributed by atoms with Crippen LogP contribution in [0.1, 0.15) is 30.5 Å². The first-order chi connectivity index (χ1) is 10.7. The van der Waals surface area contributed by atoms with Crippen LogP contribution < -0.4 is 5.32 Å². The first kappa shape index (κ1) is 19.6. The zero-order valence-electron chi connectivity index (χ0n) is 15.3. The zero-order valence-corrected chi connectivity index (χ0v) is 15.3. The minimum absolute atomic E-state index is 0.0544. The first-order valence-electron chi connectivity index (χ1n) is 8.06. The van der Waals surface area contributed by atoms with Gasteiger partial charge >= 0.3 is 5.97 Å². The van der Waals surface area contributed by atoms with Gasteiger partial charge in [-0.25, -0.2) is 0 Å². The summed E-state index contributed by atoms with van der Waals surface area (Å²) in [6.07, 6.45) is 0. The highest BCUT2D eigenvalue weighted by Gasteiger charge is 2.20. The Kier molecular flexibility index (Phi) is 7.68. The lowest BCUT2D eigenvalue weighted by Gasteiger charge is -2.20. The Bertz CT molecular complexity index is 485. The lowest BCUT2D eigenvalue weighted by Crippen LogP contribution is -2.40. The molecule has 0 spiro atoms. The number of nitrogens with one attached hydrogen (secondary N) is 1. The third-order valence-electron chi connectivity index (χ3n) is 3.57. The smallest absolute Gasteiger partial charge is 0.320 e. The number of carbonyl (C=O) groups is 1. The molecule has 1 aromatic rings. The number of hydrogen-bond acceptors (Lipinski definition) is 4. The normalized spacial score (nSPS) is 13.1. The Morgan fingerprint density at radius 1 is 1.00 bits per heavy atom. The molecule has 5 nitrogen and oxygen atoms in total. The van der Waals surface area contributed by atoms with Gasteiger partial charge in [-0.3, -0.25) is 4.79 Å². The maximum atomic E-state index is 11.3. The summed E-state index contributed by atoms with van der Waals surface area (Å²) in [6, 6.07) is 6.02. The van der Waals surface area contributed by atoms with Crippen molar-refractivity contribution < 1.29 is 9.90 Å². The summed E-state index contributed by atoms with van der Waals surface area (Å²) in [6.45, 7) is 6.16. The van der Waals surface area contributed by atoms with E-state index in [0.29, 0.717) is 6.54 Å². The Morgan fingerprint density at radius 2 is 1.43 bits per heavy atom. The summed E-state index contributed by atoms with van der Waals surface area (Å²) in [5.74, 6) is -0.739. The molecule has 0 heterocycles. The maximum Gasteiger partial charge on any atom is 0.320 e. The van der Waals surface area contributed by atoms with E-state index in [0.717, 1.165) is 18.7 Å². The third kappa shape index (κ3) is 7.12. The van der Waals surface area contributed by atoms with Gasteiger partial charge in [0.1, 0.15) is 6.04 Å². The molecule has 0 aromatic heterocycles. The van der Waals surface area contributed by atoms with E-state index < -0.39 is 12.0 Å². The second-order valence-corrected chi connectivity index (χ2v) is 7.07. The van der Waals surface area contributed by atoms with Crippen molar-refractivity contribution in [3.05, 3.63) is 34.9 Å². The fraction of sp³-hybridized carbons (Fsp3) is 0.611. The van der Waals surface area contributed by atoms with Gasteiger partial charge in [0, 0.05) is 19.6 Å². The van der Waals surface area contributed by atoms with Crippen LogP contribution in [0.25, 0.3) is 0 Å². The fourth-order valence-corrected chi connectivity index (χ4v) is 2.69. The number of rotatable bonds is 9. The molecule has 0 saturated carbocycles. The van der Waals surface area contributed by atoms with Gasteiger partial charge in [-0.2, -0.15) is 0 Å². The largest absolute Gasteiger partial charge is 0.480 e. The highest BCUT2D eigenvalue weighted by atomic mass is 16.4. The summed E-state index contributed by atoms with van der Waals surface area (Å²) in [5, 5.41) is 12.5. The van der Waals surface area contributed by atoms with E-state index >= 15 is 0 Å². The van der Waals surface area contributed by atoms with Gasteiger partial charge in [-0.05, 0) is 50.8 Å². The van der Waals surface area contributed by atoms with Crippen molar-refractivity contribution in [1.29, 1.82) is 0 Å². The average molecular weight is 321 g/mol. The van der Waals surface area contributed by atoms with E-state index in [4.69, 9.17) is 0 Å². The van der Waals surface area contributed by atoms with Gasteiger partial charge in [-0.15, -0.1) is 0 Å². The second kappa shape index (κ2) is 9.01.